The molecule has 0 unspecified atom stereocenters. The summed E-state index contributed by atoms with van der Waals surface area (Å²) in [6.45, 7) is 1.98. The second-order valence-corrected chi connectivity index (χ2v) is 4.47. The fraction of sp³-hybridized carbons (Fsp3) is 0.133. The number of nitriles is 1. The van der Waals surface area contributed by atoms with E-state index in [2.05, 4.69) is 0 Å². The molecule has 0 amide bonds. The van der Waals surface area contributed by atoms with E-state index in [9.17, 15) is 15.4 Å². The highest BCUT2D eigenvalue weighted by atomic mass is 16.6. The summed E-state index contributed by atoms with van der Waals surface area (Å²) in [6, 6.07) is 14.1. The molecule has 5 heteroatoms. The third kappa shape index (κ3) is 2.59. The second kappa shape index (κ2) is 5.41. The highest BCUT2D eigenvalue weighted by Gasteiger charge is 2.14. The van der Waals surface area contributed by atoms with E-state index in [1.54, 1.807) is 6.07 Å². The van der Waals surface area contributed by atoms with Gasteiger partial charge in [0.15, 0.2) is 0 Å². The zero-order valence-electron chi connectivity index (χ0n) is 11.2. The first kappa shape index (κ1) is 13.6. The lowest BCUT2D eigenvalue weighted by atomic mass is 10.1. The zero-order chi connectivity index (χ0) is 14.7. The van der Waals surface area contributed by atoms with Crippen molar-refractivity contribution in [1.29, 1.82) is 5.26 Å². The van der Waals surface area contributed by atoms with Gasteiger partial charge in [0, 0.05) is 24.9 Å². The van der Waals surface area contributed by atoms with Gasteiger partial charge < -0.3 is 4.90 Å². The van der Waals surface area contributed by atoms with Gasteiger partial charge >= 0.3 is 0 Å². The monoisotopic (exact) mass is 267 g/mol. The van der Waals surface area contributed by atoms with Crippen LogP contribution in [0.5, 0.6) is 0 Å². The maximum Gasteiger partial charge on any atom is 0.270 e. The topological polar surface area (TPSA) is 70.2 Å². The van der Waals surface area contributed by atoms with Crippen LogP contribution < -0.4 is 4.90 Å². The van der Waals surface area contributed by atoms with Gasteiger partial charge in [-0.25, -0.2) is 0 Å². The molecule has 0 radical (unpaired) electrons. The van der Waals surface area contributed by atoms with Crippen molar-refractivity contribution in [2.24, 2.45) is 0 Å². The van der Waals surface area contributed by atoms with E-state index in [1.165, 1.54) is 12.1 Å². The Hall–Kier alpha value is -2.87. The SMILES string of the molecule is Cc1cccc(N(C)c2ccc([N+](=O)[O-])cc2C#N)c1. The summed E-state index contributed by atoms with van der Waals surface area (Å²) in [5.74, 6) is 0. The van der Waals surface area contributed by atoms with Gasteiger partial charge in [-0.05, 0) is 30.7 Å². The molecule has 0 N–H and O–H groups in total. The first-order chi connectivity index (χ1) is 9.52. The summed E-state index contributed by atoms with van der Waals surface area (Å²) in [7, 11) is 1.83. The third-order valence-corrected chi connectivity index (χ3v) is 3.06. The number of anilines is 2. The van der Waals surface area contributed by atoms with E-state index in [-0.39, 0.29) is 11.3 Å². The quantitative estimate of drug-likeness (QED) is 0.630. The summed E-state index contributed by atoms with van der Waals surface area (Å²) in [5.41, 5.74) is 2.87. The van der Waals surface area contributed by atoms with Crippen LogP contribution in [-0.2, 0) is 0 Å². The normalized spacial score (nSPS) is 9.85. The number of aryl methyl sites for hydroxylation is 1. The average molecular weight is 267 g/mol. The van der Waals surface area contributed by atoms with Gasteiger partial charge in [-0.15, -0.1) is 0 Å². The van der Waals surface area contributed by atoms with Crippen molar-refractivity contribution in [2.75, 3.05) is 11.9 Å². The molecule has 0 aromatic heterocycles. The number of benzene rings is 2. The number of hydrogen-bond donors (Lipinski definition) is 0. The van der Waals surface area contributed by atoms with Gasteiger partial charge in [0.25, 0.3) is 5.69 Å². The fourth-order valence-corrected chi connectivity index (χ4v) is 2.00. The van der Waals surface area contributed by atoms with E-state index in [0.29, 0.717) is 5.69 Å². The Morgan fingerprint density at radius 2 is 2.00 bits per heavy atom. The van der Waals surface area contributed by atoms with Crippen LogP contribution in [0.3, 0.4) is 0 Å². The smallest absolute Gasteiger partial charge is 0.270 e. The minimum atomic E-state index is -0.503. The Balaban J connectivity index is 2.47. The van der Waals surface area contributed by atoms with Crippen LogP contribution in [0.2, 0.25) is 0 Å². The number of nitro benzene ring substituents is 1. The number of hydrogen-bond acceptors (Lipinski definition) is 4. The predicted molar refractivity (Wildman–Crippen MR) is 77.1 cm³/mol. The molecule has 2 aromatic rings. The van der Waals surface area contributed by atoms with Crippen molar-refractivity contribution in [1.82, 2.24) is 0 Å². The Morgan fingerprint density at radius 3 is 2.60 bits per heavy atom. The van der Waals surface area contributed by atoms with Crippen molar-refractivity contribution < 1.29 is 4.92 Å². The lowest BCUT2D eigenvalue weighted by Gasteiger charge is -2.20. The van der Waals surface area contributed by atoms with Crippen molar-refractivity contribution in [3.8, 4) is 6.07 Å². The minimum absolute atomic E-state index is 0.0806. The van der Waals surface area contributed by atoms with Crippen LogP contribution in [0.25, 0.3) is 0 Å². The fourth-order valence-electron chi connectivity index (χ4n) is 2.00. The molecule has 5 nitrogen and oxygen atoms in total. The molecule has 0 saturated heterocycles. The summed E-state index contributed by atoms with van der Waals surface area (Å²) >= 11 is 0. The van der Waals surface area contributed by atoms with Crippen molar-refractivity contribution >= 4 is 17.1 Å². The first-order valence-corrected chi connectivity index (χ1v) is 6.02. The highest BCUT2D eigenvalue weighted by Crippen LogP contribution is 2.29. The molecule has 2 aromatic carbocycles. The minimum Gasteiger partial charge on any atom is -0.344 e. The number of nitrogens with zero attached hydrogens (tertiary/aromatic N) is 3. The van der Waals surface area contributed by atoms with Crippen LogP contribution in [-0.4, -0.2) is 12.0 Å². The maximum atomic E-state index is 10.7. The number of non-ortho nitro benzene ring substituents is 1. The van der Waals surface area contributed by atoms with Crippen molar-refractivity contribution in [3.63, 3.8) is 0 Å². The summed E-state index contributed by atoms with van der Waals surface area (Å²) in [4.78, 5) is 12.1. The van der Waals surface area contributed by atoms with Crippen LogP contribution in [0, 0.1) is 28.4 Å². The van der Waals surface area contributed by atoms with Crippen LogP contribution >= 0.6 is 0 Å². The van der Waals surface area contributed by atoms with Gasteiger partial charge in [-0.1, -0.05) is 12.1 Å². The van der Waals surface area contributed by atoms with Crippen molar-refractivity contribution in [3.05, 3.63) is 63.7 Å². The first-order valence-electron chi connectivity index (χ1n) is 6.02. The summed E-state index contributed by atoms with van der Waals surface area (Å²) < 4.78 is 0. The third-order valence-electron chi connectivity index (χ3n) is 3.06. The Labute approximate surface area is 116 Å². The van der Waals surface area contributed by atoms with Crippen LogP contribution in [0.1, 0.15) is 11.1 Å². The largest absolute Gasteiger partial charge is 0.344 e. The molecule has 20 heavy (non-hydrogen) atoms. The van der Waals surface area contributed by atoms with E-state index >= 15 is 0 Å². The lowest BCUT2D eigenvalue weighted by Crippen LogP contribution is -2.11. The Kier molecular flexibility index (Phi) is 3.67. The maximum absolute atomic E-state index is 10.7. The van der Waals surface area contributed by atoms with Crippen LogP contribution in [0.4, 0.5) is 17.1 Å². The summed E-state index contributed by atoms with van der Waals surface area (Å²) in [5, 5.41) is 19.9. The molecule has 0 aliphatic rings. The van der Waals surface area contributed by atoms with E-state index in [0.717, 1.165) is 11.3 Å². The Morgan fingerprint density at radius 1 is 1.25 bits per heavy atom. The van der Waals surface area contributed by atoms with E-state index < -0.39 is 4.92 Å². The second-order valence-electron chi connectivity index (χ2n) is 4.47. The van der Waals surface area contributed by atoms with Gasteiger partial charge in [0.2, 0.25) is 0 Å². The van der Waals surface area contributed by atoms with Gasteiger partial charge in [0.05, 0.1) is 16.2 Å². The molecule has 0 aliphatic carbocycles. The molecule has 0 heterocycles. The van der Waals surface area contributed by atoms with E-state index in [1.807, 2.05) is 49.2 Å². The average Bonchev–Trinajstić information content (AvgIpc) is 2.45. The molecule has 0 aliphatic heterocycles. The molecule has 2 rings (SSSR count). The molecular weight excluding hydrogens is 254 g/mol. The number of rotatable bonds is 3. The number of nitro groups is 1. The predicted octanol–water partition coefficient (Wildman–Crippen LogP) is 3.54. The molecule has 0 atom stereocenters. The van der Waals surface area contributed by atoms with E-state index in [4.69, 9.17) is 0 Å². The van der Waals surface area contributed by atoms with Crippen molar-refractivity contribution in [2.45, 2.75) is 6.92 Å². The zero-order valence-corrected chi connectivity index (χ0v) is 11.2. The molecule has 0 fully saturated rings. The molecule has 0 bridgehead atoms. The lowest BCUT2D eigenvalue weighted by molar-refractivity contribution is -0.384. The molecule has 0 spiro atoms. The van der Waals surface area contributed by atoms with Gasteiger partial charge in [-0.3, -0.25) is 10.1 Å². The molecule has 100 valence electrons. The summed E-state index contributed by atoms with van der Waals surface area (Å²) in [6.07, 6.45) is 0. The van der Waals surface area contributed by atoms with Crippen LogP contribution in [0.15, 0.2) is 42.5 Å². The van der Waals surface area contributed by atoms with Gasteiger partial charge in [-0.2, -0.15) is 5.26 Å². The standard InChI is InChI=1S/C15H13N3O2/c1-11-4-3-5-13(8-11)17(2)15-7-6-14(18(19)20)9-12(15)10-16/h3-9H,1-2H3. The highest BCUT2D eigenvalue weighted by molar-refractivity contribution is 5.70. The molecular formula is C15H13N3O2. The molecule has 0 saturated carbocycles. The Bertz CT molecular complexity index is 705. The van der Waals surface area contributed by atoms with Gasteiger partial charge in [0.1, 0.15) is 6.07 Å².